The standard InChI is InChI=1S/C28H19ClN6O/c29-22-11-12-25(32-17-22)35-27(33-24-6-2-1-5-23(24)28(35)36)21-9-7-20(8-10-21)26-31-14-15-34(26)18-19-4-3-13-30-16-19/h1-17H,18H2. The van der Waals surface area contributed by atoms with Gasteiger partial charge < -0.3 is 4.57 Å². The molecule has 8 heteroatoms. The Morgan fingerprint density at radius 2 is 1.58 bits per heavy atom. The van der Waals surface area contributed by atoms with Gasteiger partial charge in [0, 0.05) is 42.1 Å². The summed E-state index contributed by atoms with van der Waals surface area (Å²) in [5, 5.41) is 1.01. The van der Waals surface area contributed by atoms with Crippen LogP contribution in [0.2, 0.25) is 5.02 Å². The first kappa shape index (κ1) is 21.9. The first-order valence-corrected chi connectivity index (χ1v) is 11.7. The van der Waals surface area contributed by atoms with Gasteiger partial charge in [0.05, 0.1) is 22.5 Å². The number of hydrogen-bond acceptors (Lipinski definition) is 5. The summed E-state index contributed by atoms with van der Waals surface area (Å²) < 4.78 is 3.60. The predicted octanol–water partition coefficient (Wildman–Crippen LogP) is 5.41. The van der Waals surface area contributed by atoms with Crippen molar-refractivity contribution in [1.29, 1.82) is 0 Å². The van der Waals surface area contributed by atoms with Gasteiger partial charge >= 0.3 is 0 Å². The molecule has 0 saturated heterocycles. The van der Waals surface area contributed by atoms with Crippen molar-refractivity contribution in [3.8, 4) is 28.6 Å². The molecule has 7 nitrogen and oxygen atoms in total. The normalized spacial score (nSPS) is 11.1. The van der Waals surface area contributed by atoms with E-state index in [1.807, 2.05) is 67.0 Å². The molecule has 4 heterocycles. The molecule has 6 aromatic rings. The highest BCUT2D eigenvalue weighted by Gasteiger charge is 2.16. The van der Waals surface area contributed by atoms with Crippen molar-refractivity contribution in [3.63, 3.8) is 0 Å². The number of para-hydroxylation sites is 1. The third-order valence-electron chi connectivity index (χ3n) is 5.91. The number of fused-ring (bicyclic) bond motifs is 1. The zero-order chi connectivity index (χ0) is 24.5. The Balaban J connectivity index is 1.44. The predicted molar refractivity (Wildman–Crippen MR) is 140 cm³/mol. The van der Waals surface area contributed by atoms with E-state index in [1.54, 1.807) is 30.6 Å². The third kappa shape index (κ3) is 4.06. The lowest BCUT2D eigenvalue weighted by atomic mass is 10.1. The number of aromatic nitrogens is 6. The molecule has 0 aliphatic heterocycles. The molecular formula is C28H19ClN6O. The van der Waals surface area contributed by atoms with Crippen molar-refractivity contribution in [2.45, 2.75) is 6.54 Å². The maximum Gasteiger partial charge on any atom is 0.267 e. The van der Waals surface area contributed by atoms with Crippen LogP contribution in [0.1, 0.15) is 5.56 Å². The molecule has 0 unspecified atom stereocenters. The third-order valence-corrected chi connectivity index (χ3v) is 6.13. The Hall–Kier alpha value is -4.62. The summed E-state index contributed by atoms with van der Waals surface area (Å²) in [5.74, 6) is 1.79. The molecule has 0 spiro atoms. The van der Waals surface area contributed by atoms with Crippen LogP contribution in [0.25, 0.3) is 39.5 Å². The lowest BCUT2D eigenvalue weighted by molar-refractivity contribution is 0.803. The van der Waals surface area contributed by atoms with E-state index in [2.05, 4.69) is 19.5 Å². The average Bonchev–Trinajstić information content (AvgIpc) is 3.38. The topological polar surface area (TPSA) is 78.5 Å². The molecule has 6 rings (SSSR count). The van der Waals surface area contributed by atoms with Gasteiger partial charge in [-0.25, -0.2) is 19.5 Å². The summed E-state index contributed by atoms with van der Waals surface area (Å²) in [6, 6.07) is 22.5. The molecule has 0 aliphatic rings. The fourth-order valence-electron chi connectivity index (χ4n) is 4.19. The van der Waals surface area contributed by atoms with Gasteiger partial charge in [-0.2, -0.15) is 0 Å². The van der Waals surface area contributed by atoms with Gasteiger partial charge in [0.1, 0.15) is 17.5 Å². The molecule has 0 radical (unpaired) electrons. The Morgan fingerprint density at radius 3 is 2.33 bits per heavy atom. The quantitative estimate of drug-likeness (QED) is 0.323. The van der Waals surface area contributed by atoms with Crippen molar-refractivity contribution in [1.82, 2.24) is 29.1 Å². The summed E-state index contributed by atoms with van der Waals surface area (Å²) in [5.41, 5.74) is 3.25. The number of rotatable bonds is 5. The number of pyridine rings is 2. The lowest BCUT2D eigenvalue weighted by Crippen LogP contribution is -2.22. The second-order valence-corrected chi connectivity index (χ2v) is 8.68. The van der Waals surface area contributed by atoms with E-state index in [9.17, 15) is 4.79 Å². The van der Waals surface area contributed by atoms with Crippen molar-refractivity contribution in [2.24, 2.45) is 0 Å². The first-order chi connectivity index (χ1) is 17.7. The van der Waals surface area contributed by atoms with Crippen LogP contribution in [-0.2, 0) is 6.54 Å². The second-order valence-electron chi connectivity index (χ2n) is 8.25. The fraction of sp³-hybridized carbons (Fsp3) is 0.0357. The van der Waals surface area contributed by atoms with E-state index in [1.165, 1.54) is 10.8 Å². The van der Waals surface area contributed by atoms with Crippen LogP contribution in [0, 0.1) is 0 Å². The number of halogens is 1. The SMILES string of the molecule is O=c1c2ccccc2nc(-c2ccc(-c3nccn3Cc3cccnc3)cc2)n1-c1ccc(Cl)cn1. The number of imidazole rings is 1. The molecule has 174 valence electrons. The van der Waals surface area contributed by atoms with E-state index in [0.717, 1.165) is 22.5 Å². The van der Waals surface area contributed by atoms with Gasteiger partial charge in [-0.1, -0.05) is 54.1 Å². The maximum absolute atomic E-state index is 13.5. The van der Waals surface area contributed by atoms with Crippen molar-refractivity contribution >= 4 is 22.5 Å². The summed E-state index contributed by atoms with van der Waals surface area (Å²) in [7, 11) is 0. The fourth-order valence-corrected chi connectivity index (χ4v) is 4.30. The Labute approximate surface area is 211 Å². The highest BCUT2D eigenvalue weighted by atomic mass is 35.5. The van der Waals surface area contributed by atoms with Gasteiger partial charge in [0.2, 0.25) is 0 Å². The minimum Gasteiger partial charge on any atom is -0.327 e. The van der Waals surface area contributed by atoms with Crippen LogP contribution in [0.15, 0.2) is 109 Å². The molecule has 36 heavy (non-hydrogen) atoms. The molecular weight excluding hydrogens is 472 g/mol. The molecule has 0 N–H and O–H groups in total. The van der Waals surface area contributed by atoms with E-state index >= 15 is 0 Å². The zero-order valence-corrected chi connectivity index (χ0v) is 19.7. The van der Waals surface area contributed by atoms with Crippen molar-refractivity contribution in [2.75, 3.05) is 0 Å². The Kier molecular flexibility index (Phi) is 5.59. The molecule has 0 bridgehead atoms. The average molecular weight is 491 g/mol. The summed E-state index contributed by atoms with van der Waals surface area (Å²) in [4.78, 5) is 31.5. The van der Waals surface area contributed by atoms with Crippen LogP contribution < -0.4 is 5.56 Å². The Bertz CT molecular complexity index is 1730. The molecule has 0 fully saturated rings. The highest BCUT2D eigenvalue weighted by molar-refractivity contribution is 6.30. The minimum absolute atomic E-state index is 0.193. The molecule has 2 aromatic carbocycles. The lowest BCUT2D eigenvalue weighted by Gasteiger charge is -2.14. The summed E-state index contributed by atoms with van der Waals surface area (Å²) in [6.07, 6.45) is 8.87. The smallest absolute Gasteiger partial charge is 0.267 e. The van der Waals surface area contributed by atoms with E-state index < -0.39 is 0 Å². The molecule has 0 amide bonds. The second kappa shape index (κ2) is 9.20. The maximum atomic E-state index is 13.5. The minimum atomic E-state index is -0.193. The van der Waals surface area contributed by atoms with Gasteiger partial charge in [0.15, 0.2) is 0 Å². The van der Waals surface area contributed by atoms with Crippen molar-refractivity contribution < 1.29 is 0 Å². The van der Waals surface area contributed by atoms with E-state index in [0.29, 0.717) is 34.1 Å². The van der Waals surface area contributed by atoms with Crippen molar-refractivity contribution in [3.05, 3.63) is 125 Å². The zero-order valence-electron chi connectivity index (χ0n) is 19.0. The largest absolute Gasteiger partial charge is 0.327 e. The highest BCUT2D eigenvalue weighted by Crippen LogP contribution is 2.26. The van der Waals surface area contributed by atoms with Crippen LogP contribution in [0.5, 0.6) is 0 Å². The van der Waals surface area contributed by atoms with Gasteiger partial charge in [0.25, 0.3) is 5.56 Å². The first-order valence-electron chi connectivity index (χ1n) is 11.3. The van der Waals surface area contributed by atoms with Gasteiger partial charge in [-0.15, -0.1) is 0 Å². The number of hydrogen-bond donors (Lipinski definition) is 0. The van der Waals surface area contributed by atoms with Gasteiger partial charge in [-0.05, 0) is 35.9 Å². The van der Waals surface area contributed by atoms with E-state index in [4.69, 9.17) is 16.6 Å². The van der Waals surface area contributed by atoms with Crippen LogP contribution in [0.3, 0.4) is 0 Å². The van der Waals surface area contributed by atoms with Crippen LogP contribution in [0.4, 0.5) is 0 Å². The molecule has 4 aromatic heterocycles. The molecule has 0 saturated carbocycles. The summed E-state index contributed by atoms with van der Waals surface area (Å²) in [6.45, 7) is 0.666. The Morgan fingerprint density at radius 1 is 0.778 bits per heavy atom. The van der Waals surface area contributed by atoms with Crippen LogP contribution in [-0.4, -0.2) is 29.1 Å². The van der Waals surface area contributed by atoms with Crippen LogP contribution >= 0.6 is 11.6 Å². The number of benzene rings is 2. The molecule has 0 aliphatic carbocycles. The molecule has 0 atom stereocenters. The van der Waals surface area contributed by atoms with E-state index in [-0.39, 0.29) is 5.56 Å². The number of nitrogens with zero attached hydrogens (tertiary/aromatic N) is 6. The monoisotopic (exact) mass is 490 g/mol. The summed E-state index contributed by atoms with van der Waals surface area (Å²) >= 11 is 6.04. The van der Waals surface area contributed by atoms with Gasteiger partial charge in [-0.3, -0.25) is 9.78 Å².